The average Bonchev–Trinajstić information content (AvgIpc) is 2.90. The third-order valence-corrected chi connectivity index (χ3v) is 4.51. The molecule has 2 heterocycles. The number of oxazole rings is 1. The van der Waals surface area contributed by atoms with Crippen LogP contribution >= 0.6 is 0 Å². The Morgan fingerprint density at radius 1 is 1.36 bits per heavy atom. The van der Waals surface area contributed by atoms with E-state index in [9.17, 15) is 19.5 Å². The second kappa shape index (κ2) is 6.11. The van der Waals surface area contributed by atoms with Crippen LogP contribution in [0.5, 0.6) is 0 Å². The maximum atomic E-state index is 12.4. The van der Waals surface area contributed by atoms with E-state index in [0.29, 0.717) is 11.1 Å². The van der Waals surface area contributed by atoms with Gasteiger partial charge in [0, 0.05) is 38.8 Å². The molecule has 1 aromatic heterocycles. The van der Waals surface area contributed by atoms with Gasteiger partial charge < -0.3 is 14.3 Å². The Morgan fingerprint density at radius 2 is 2.04 bits per heavy atom. The molecule has 8 heteroatoms. The van der Waals surface area contributed by atoms with E-state index in [2.05, 4.69) is 0 Å². The summed E-state index contributed by atoms with van der Waals surface area (Å²) in [5, 5.41) is 9.85. The van der Waals surface area contributed by atoms with Crippen molar-refractivity contribution in [3.8, 4) is 12.3 Å². The first kappa shape index (κ1) is 16.8. The first-order valence-corrected chi connectivity index (χ1v) is 7.62. The van der Waals surface area contributed by atoms with Crippen LogP contribution in [0.15, 0.2) is 27.4 Å². The molecule has 0 atom stereocenters. The van der Waals surface area contributed by atoms with E-state index in [-0.39, 0.29) is 31.7 Å². The Balaban J connectivity index is 2.21. The molecule has 0 bridgehead atoms. The van der Waals surface area contributed by atoms with Crippen LogP contribution in [0.1, 0.15) is 12.8 Å². The van der Waals surface area contributed by atoms with E-state index >= 15 is 0 Å². The molecule has 1 amide bonds. The van der Waals surface area contributed by atoms with Crippen LogP contribution in [0, 0.1) is 12.3 Å². The molecule has 25 heavy (non-hydrogen) atoms. The molecule has 130 valence electrons. The number of aliphatic carboxylic acids is 1. The van der Waals surface area contributed by atoms with Gasteiger partial charge in [-0.25, -0.2) is 9.59 Å². The molecule has 0 aliphatic carbocycles. The number of rotatable bonds is 3. The number of hydrogen-bond donors (Lipinski definition) is 1. The first-order valence-electron chi connectivity index (χ1n) is 7.62. The minimum absolute atomic E-state index is 0.109. The van der Waals surface area contributed by atoms with Crippen LogP contribution in [-0.4, -0.2) is 40.3 Å². The summed E-state index contributed by atoms with van der Waals surface area (Å²) in [7, 11) is 1.52. The van der Waals surface area contributed by atoms with Gasteiger partial charge in [-0.15, -0.1) is 6.42 Å². The summed E-state index contributed by atoms with van der Waals surface area (Å²) < 4.78 is 11.6. The summed E-state index contributed by atoms with van der Waals surface area (Å²) in [6, 6.07) is 4.55. The fraction of sp³-hybridized carbons (Fsp3) is 0.353. The average molecular weight is 344 g/mol. The van der Waals surface area contributed by atoms with E-state index in [4.69, 9.17) is 15.6 Å². The van der Waals surface area contributed by atoms with E-state index in [1.54, 1.807) is 0 Å². The lowest BCUT2D eigenvalue weighted by Gasteiger charge is -2.41. The molecule has 2 aromatic rings. The number of carboxylic acid groups (broad SMARTS) is 1. The van der Waals surface area contributed by atoms with Gasteiger partial charge in [0.2, 0.25) is 0 Å². The molecule has 0 radical (unpaired) electrons. The fourth-order valence-corrected chi connectivity index (χ4v) is 3.12. The Hall–Kier alpha value is -3.05. The number of anilines is 1. The third kappa shape index (κ3) is 2.58. The fourth-order valence-electron chi connectivity index (χ4n) is 3.12. The molecule has 1 aliphatic rings. The quantitative estimate of drug-likeness (QED) is 0.824. The topological polar surface area (TPSA) is 102 Å². The van der Waals surface area contributed by atoms with Crippen molar-refractivity contribution in [1.29, 1.82) is 0 Å². The summed E-state index contributed by atoms with van der Waals surface area (Å²) in [5.41, 5.74) is -0.445. The Labute approximate surface area is 142 Å². The highest BCUT2D eigenvalue weighted by molar-refractivity contribution is 6.10. The maximum Gasteiger partial charge on any atom is 0.419 e. The van der Waals surface area contributed by atoms with Crippen molar-refractivity contribution in [2.24, 2.45) is 7.05 Å². The molecule has 1 aliphatic heterocycles. The molecule has 1 N–H and O–H groups in total. The van der Waals surface area contributed by atoms with Crippen molar-refractivity contribution in [3.63, 3.8) is 0 Å². The summed E-state index contributed by atoms with van der Waals surface area (Å²) >= 11 is 0. The van der Waals surface area contributed by atoms with Gasteiger partial charge in [0.1, 0.15) is 0 Å². The molecule has 1 fully saturated rings. The van der Waals surface area contributed by atoms with Crippen molar-refractivity contribution in [2.75, 3.05) is 18.1 Å². The summed E-state index contributed by atoms with van der Waals surface area (Å²) in [5.74, 6) is -0.474. The van der Waals surface area contributed by atoms with Crippen LogP contribution in [0.4, 0.5) is 5.69 Å². The predicted molar refractivity (Wildman–Crippen MR) is 88.2 cm³/mol. The number of fused-ring (bicyclic) bond motifs is 1. The van der Waals surface area contributed by atoms with Crippen LogP contribution < -0.4 is 10.7 Å². The van der Waals surface area contributed by atoms with Gasteiger partial charge in [-0.3, -0.25) is 14.3 Å². The summed E-state index contributed by atoms with van der Waals surface area (Å²) in [6.45, 7) is 0.403. The minimum Gasteiger partial charge on any atom is -0.479 e. The van der Waals surface area contributed by atoms with Crippen LogP contribution in [0.25, 0.3) is 11.1 Å². The van der Waals surface area contributed by atoms with E-state index in [1.807, 2.05) is 5.92 Å². The van der Waals surface area contributed by atoms with Gasteiger partial charge in [-0.1, -0.05) is 0 Å². The SMILES string of the molecule is C#CC(=O)N(c1ccc2oc(=O)n(C)c2c1)C1(C(=O)O)CCOCC1. The number of ether oxygens (including phenoxy) is 1. The maximum absolute atomic E-state index is 12.4. The normalized spacial score (nSPS) is 16.3. The van der Waals surface area contributed by atoms with Gasteiger partial charge in [0.15, 0.2) is 11.1 Å². The molecule has 0 spiro atoms. The zero-order valence-electron chi connectivity index (χ0n) is 13.5. The molecular weight excluding hydrogens is 328 g/mol. The molecule has 1 saturated heterocycles. The molecule has 0 unspecified atom stereocenters. The Kier molecular flexibility index (Phi) is 4.10. The lowest BCUT2D eigenvalue weighted by Crippen LogP contribution is -2.60. The number of aryl methyl sites for hydroxylation is 1. The van der Waals surface area contributed by atoms with Gasteiger partial charge in [-0.05, 0) is 24.1 Å². The van der Waals surface area contributed by atoms with Gasteiger partial charge in [0.05, 0.1) is 5.52 Å². The third-order valence-electron chi connectivity index (χ3n) is 4.51. The Morgan fingerprint density at radius 3 is 2.64 bits per heavy atom. The highest BCUT2D eigenvalue weighted by atomic mass is 16.5. The number of carbonyl (C=O) groups excluding carboxylic acids is 1. The van der Waals surface area contributed by atoms with Gasteiger partial charge in [-0.2, -0.15) is 0 Å². The van der Waals surface area contributed by atoms with E-state index < -0.39 is 23.2 Å². The summed E-state index contributed by atoms with van der Waals surface area (Å²) in [6.07, 6.45) is 5.50. The lowest BCUT2D eigenvalue weighted by molar-refractivity contribution is -0.148. The van der Waals surface area contributed by atoms with Crippen LogP contribution in [0.2, 0.25) is 0 Å². The first-order chi connectivity index (χ1) is 11.9. The Bertz CT molecular complexity index is 942. The van der Waals surface area contributed by atoms with E-state index in [0.717, 1.165) is 4.90 Å². The molecule has 3 rings (SSSR count). The minimum atomic E-state index is -1.50. The number of nitrogens with zero attached hydrogens (tertiary/aromatic N) is 2. The number of amides is 1. The highest BCUT2D eigenvalue weighted by Gasteiger charge is 2.48. The number of benzene rings is 1. The number of terminal acetylenes is 1. The molecule has 1 aromatic carbocycles. The molecule has 0 saturated carbocycles. The standard InChI is InChI=1S/C17H16N2O6/c1-3-14(20)19(17(15(21)22)6-8-24-9-7-17)11-4-5-13-12(10-11)18(2)16(23)25-13/h1,4-5,10H,6-9H2,2H3,(H,21,22). The second-order valence-corrected chi connectivity index (χ2v) is 5.81. The second-order valence-electron chi connectivity index (χ2n) is 5.81. The number of carboxylic acids is 1. The van der Waals surface area contributed by atoms with Crippen molar-refractivity contribution < 1.29 is 23.8 Å². The smallest absolute Gasteiger partial charge is 0.419 e. The van der Waals surface area contributed by atoms with E-state index in [1.165, 1.54) is 29.8 Å². The molecular formula is C17H16N2O6. The van der Waals surface area contributed by atoms with Crippen molar-refractivity contribution in [3.05, 3.63) is 28.7 Å². The number of hydrogen-bond acceptors (Lipinski definition) is 5. The van der Waals surface area contributed by atoms with Crippen molar-refractivity contribution >= 4 is 28.7 Å². The zero-order valence-corrected chi connectivity index (χ0v) is 13.5. The van der Waals surface area contributed by atoms with Gasteiger partial charge in [0.25, 0.3) is 0 Å². The van der Waals surface area contributed by atoms with Crippen molar-refractivity contribution in [1.82, 2.24) is 4.57 Å². The number of carbonyl (C=O) groups is 2. The van der Waals surface area contributed by atoms with Crippen LogP contribution in [0.3, 0.4) is 0 Å². The number of aromatic nitrogens is 1. The predicted octanol–water partition coefficient (Wildman–Crippen LogP) is 0.731. The van der Waals surface area contributed by atoms with Crippen LogP contribution in [-0.2, 0) is 21.4 Å². The zero-order chi connectivity index (χ0) is 18.2. The lowest BCUT2D eigenvalue weighted by atomic mass is 9.87. The molecule has 8 nitrogen and oxygen atoms in total. The van der Waals surface area contributed by atoms with Gasteiger partial charge >= 0.3 is 17.6 Å². The highest BCUT2D eigenvalue weighted by Crippen LogP contribution is 2.34. The van der Waals surface area contributed by atoms with Crippen molar-refractivity contribution in [2.45, 2.75) is 18.4 Å². The largest absolute Gasteiger partial charge is 0.479 e. The summed E-state index contributed by atoms with van der Waals surface area (Å²) in [4.78, 5) is 37.3. The monoisotopic (exact) mass is 344 g/mol.